The number of aryl methyl sites for hydroxylation is 1. The maximum absolute atomic E-state index is 12.8. The zero-order valence-electron chi connectivity index (χ0n) is 16.3. The Balaban J connectivity index is 1.94. The lowest BCUT2D eigenvalue weighted by molar-refractivity contribution is -0.313. The van der Waals surface area contributed by atoms with Crippen LogP contribution in [0.25, 0.3) is 11.1 Å². The van der Waals surface area contributed by atoms with Gasteiger partial charge in [-0.3, -0.25) is 4.79 Å². The van der Waals surface area contributed by atoms with E-state index in [-0.39, 0.29) is 18.6 Å². The predicted octanol–water partition coefficient (Wildman–Crippen LogP) is 3.17. The molecule has 1 aliphatic carbocycles. The second kappa shape index (κ2) is 9.05. The number of allylic oxidation sites excluding steroid dienone is 2. The summed E-state index contributed by atoms with van der Waals surface area (Å²) in [7, 11) is 0. The van der Waals surface area contributed by atoms with E-state index in [0.29, 0.717) is 17.0 Å². The van der Waals surface area contributed by atoms with Crippen molar-refractivity contribution in [1.82, 2.24) is 0 Å². The fourth-order valence-electron chi connectivity index (χ4n) is 3.45. The van der Waals surface area contributed by atoms with Crippen LogP contribution in [0.1, 0.15) is 35.7 Å². The van der Waals surface area contributed by atoms with Crippen molar-refractivity contribution in [3.8, 4) is 11.1 Å². The highest BCUT2D eigenvalue weighted by Crippen LogP contribution is 2.37. The number of carbonyl (C=O) groups excluding carboxylic acids is 3. The second-order valence-corrected chi connectivity index (χ2v) is 7.79. The number of ether oxygens (including phenoxy) is 1. The van der Waals surface area contributed by atoms with Crippen molar-refractivity contribution < 1.29 is 24.2 Å². The van der Waals surface area contributed by atoms with Crippen LogP contribution in [0.3, 0.4) is 0 Å². The van der Waals surface area contributed by atoms with Crippen LogP contribution in [-0.4, -0.2) is 24.5 Å². The van der Waals surface area contributed by atoms with Gasteiger partial charge in [0.2, 0.25) is 5.91 Å². The summed E-state index contributed by atoms with van der Waals surface area (Å²) in [5, 5.41) is 16.3. The fourth-order valence-corrected chi connectivity index (χ4v) is 4.41. The highest BCUT2D eigenvalue weighted by molar-refractivity contribution is 7.15. The van der Waals surface area contributed by atoms with Gasteiger partial charge in [-0.2, -0.15) is 0 Å². The molecular formula is C22H22NO5S-. The van der Waals surface area contributed by atoms with E-state index in [1.165, 1.54) is 11.3 Å². The molecule has 3 rings (SSSR count). The van der Waals surface area contributed by atoms with Crippen LogP contribution in [0.4, 0.5) is 5.00 Å². The Morgan fingerprint density at radius 2 is 1.93 bits per heavy atom. The molecule has 0 fully saturated rings. The standard InChI is InChI=1S/C22H23NO5S/c1-3-28-22(27)18-17(14-8-6-7-13(2)11-14)12-29-20(18)23-19(24)15-9-4-5-10-16(15)21(25)26/h4-8,11-12,15-16H,3,9-10H2,1-2H3,(H,23,24)(H,25,26)/p-1/t15-,16-/m0/s1. The maximum atomic E-state index is 12.8. The van der Waals surface area contributed by atoms with E-state index in [0.717, 1.165) is 11.1 Å². The Morgan fingerprint density at radius 1 is 1.21 bits per heavy atom. The number of benzene rings is 1. The van der Waals surface area contributed by atoms with Gasteiger partial charge in [0, 0.05) is 22.8 Å². The van der Waals surface area contributed by atoms with Crippen LogP contribution in [-0.2, 0) is 14.3 Å². The third-order valence-electron chi connectivity index (χ3n) is 4.91. The van der Waals surface area contributed by atoms with Gasteiger partial charge in [0.25, 0.3) is 0 Å². The lowest BCUT2D eigenvalue weighted by Gasteiger charge is -2.28. The lowest BCUT2D eigenvalue weighted by atomic mass is 9.82. The molecule has 1 aliphatic rings. The van der Waals surface area contributed by atoms with Crippen molar-refractivity contribution >= 4 is 34.2 Å². The molecule has 0 aliphatic heterocycles. The summed E-state index contributed by atoms with van der Waals surface area (Å²) in [6.45, 7) is 3.88. The molecule has 29 heavy (non-hydrogen) atoms. The van der Waals surface area contributed by atoms with Crippen molar-refractivity contribution in [3.63, 3.8) is 0 Å². The molecule has 1 aromatic heterocycles. The second-order valence-electron chi connectivity index (χ2n) is 6.91. The number of hydrogen-bond acceptors (Lipinski definition) is 6. The molecular weight excluding hydrogens is 390 g/mol. The first-order valence-electron chi connectivity index (χ1n) is 9.44. The highest BCUT2D eigenvalue weighted by Gasteiger charge is 2.31. The molecule has 0 saturated heterocycles. The van der Waals surface area contributed by atoms with Crippen LogP contribution >= 0.6 is 11.3 Å². The van der Waals surface area contributed by atoms with E-state index in [1.54, 1.807) is 24.5 Å². The van der Waals surface area contributed by atoms with Gasteiger partial charge >= 0.3 is 5.97 Å². The number of hydrogen-bond donors (Lipinski definition) is 1. The lowest BCUT2D eigenvalue weighted by Crippen LogP contribution is -2.41. The van der Waals surface area contributed by atoms with E-state index in [4.69, 9.17) is 4.74 Å². The fraction of sp³-hybridized carbons (Fsp3) is 0.318. The molecule has 1 N–H and O–H groups in total. The molecule has 0 radical (unpaired) electrons. The first-order valence-corrected chi connectivity index (χ1v) is 10.3. The Hall–Kier alpha value is -2.93. The number of carboxylic acid groups (broad SMARTS) is 1. The van der Waals surface area contributed by atoms with Crippen molar-refractivity contribution in [3.05, 3.63) is 52.9 Å². The van der Waals surface area contributed by atoms with E-state index in [2.05, 4.69) is 5.32 Å². The SMILES string of the molecule is CCOC(=O)c1c(-c2cccc(C)c2)csc1NC(=O)[C@H]1CC=CC[C@@H]1C(=O)[O-]. The summed E-state index contributed by atoms with van der Waals surface area (Å²) < 4.78 is 5.21. The van der Waals surface area contributed by atoms with E-state index in [9.17, 15) is 19.5 Å². The first-order chi connectivity index (χ1) is 13.9. The van der Waals surface area contributed by atoms with Gasteiger partial charge in [-0.05, 0) is 32.3 Å². The first kappa shape index (κ1) is 20.8. The van der Waals surface area contributed by atoms with Gasteiger partial charge < -0.3 is 20.0 Å². The third kappa shape index (κ3) is 4.56. The number of carboxylic acids is 1. The Kier molecular flexibility index (Phi) is 6.49. The molecule has 0 saturated carbocycles. The number of thiophene rings is 1. The smallest absolute Gasteiger partial charge is 0.341 e. The van der Waals surface area contributed by atoms with Crippen LogP contribution in [0.15, 0.2) is 41.8 Å². The van der Waals surface area contributed by atoms with E-state index in [1.807, 2.05) is 31.2 Å². The average molecular weight is 412 g/mol. The Labute approximate surface area is 173 Å². The number of rotatable bonds is 6. The van der Waals surface area contributed by atoms with Gasteiger partial charge in [0.05, 0.1) is 12.5 Å². The van der Waals surface area contributed by atoms with Gasteiger partial charge in [-0.1, -0.05) is 42.0 Å². The molecule has 1 amide bonds. The van der Waals surface area contributed by atoms with E-state index >= 15 is 0 Å². The third-order valence-corrected chi connectivity index (χ3v) is 5.80. The molecule has 1 heterocycles. The summed E-state index contributed by atoms with van der Waals surface area (Å²) in [4.78, 5) is 36.9. The molecule has 0 spiro atoms. The Morgan fingerprint density at radius 3 is 2.59 bits per heavy atom. The monoisotopic (exact) mass is 412 g/mol. The largest absolute Gasteiger partial charge is 0.550 e. The number of amides is 1. The molecule has 152 valence electrons. The number of aliphatic carboxylic acids is 1. The van der Waals surface area contributed by atoms with Crippen LogP contribution in [0.5, 0.6) is 0 Å². The zero-order valence-corrected chi connectivity index (χ0v) is 17.1. The van der Waals surface area contributed by atoms with E-state index < -0.39 is 29.7 Å². The zero-order chi connectivity index (χ0) is 21.0. The predicted molar refractivity (Wildman–Crippen MR) is 109 cm³/mol. The molecule has 2 atom stereocenters. The number of carbonyl (C=O) groups is 3. The molecule has 2 aromatic rings. The van der Waals surface area contributed by atoms with Crippen molar-refractivity contribution in [2.75, 3.05) is 11.9 Å². The minimum absolute atomic E-state index is 0.204. The normalized spacial score (nSPS) is 18.3. The van der Waals surface area contributed by atoms with Crippen LogP contribution in [0.2, 0.25) is 0 Å². The average Bonchev–Trinajstić information content (AvgIpc) is 3.11. The molecule has 6 nitrogen and oxygen atoms in total. The number of nitrogens with one attached hydrogen (secondary N) is 1. The maximum Gasteiger partial charge on any atom is 0.341 e. The summed E-state index contributed by atoms with van der Waals surface area (Å²) in [5.74, 6) is -3.84. The van der Waals surface area contributed by atoms with Crippen LogP contribution in [0, 0.1) is 18.8 Å². The number of anilines is 1. The van der Waals surface area contributed by atoms with Gasteiger partial charge in [-0.25, -0.2) is 4.79 Å². The van der Waals surface area contributed by atoms with Crippen LogP contribution < -0.4 is 10.4 Å². The minimum Gasteiger partial charge on any atom is -0.550 e. The summed E-state index contributed by atoms with van der Waals surface area (Å²) in [6.07, 6.45) is 4.11. The Bertz CT molecular complexity index is 962. The van der Waals surface area contributed by atoms with Gasteiger partial charge in [-0.15, -0.1) is 11.3 Å². The van der Waals surface area contributed by atoms with Crippen molar-refractivity contribution in [2.24, 2.45) is 11.8 Å². The van der Waals surface area contributed by atoms with Crippen molar-refractivity contribution in [1.29, 1.82) is 0 Å². The highest BCUT2D eigenvalue weighted by atomic mass is 32.1. The molecule has 7 heteroatoms. The van der Waals surface area contributed by atoms with Crippen molar-refractivity contribution in [2.45, 2.75) is 26.7 Å². The molecule has 0 unspecified atom stereocenters. The topological polar surface area (TPSA) is 95.5 Å². The van der Waals surface area contributed by atoms with Gasteiger partial charge in [0.15, 0.2) is 0 Å². The summed E-state index contributed by atoms with van der Waals surface area (Å²) in [5.41, 5.74) is 2.84. The molecule has 0 bridgehead atoms. The molecule has 1 aromatic carbocycles. The number of esters is 1. The summed E-state index contributed by atoms with van der Waals surface area (Å²) in [6, 6.07) is 7.70. The van der Waals surface area contributed by atoms with Gasteiger partial charge in [0.1, 0.15) is 10.6 Å². The quantitative estimate of drug-likeness (QED) is 0.581. The minimum atomic E-state index is -1.24. The summed E-state index contributed by atoms with van der Waals surface area (Å²) >= 11 is 1.22.